The normalized spacial score (nSPS) is 10.9. The number of fused-ring (bicyclic) bond motifs is 1. The van der Waals surface area contributed by atoms with Crippen molar-refractivity contribution in [1.82, 2.24) is 9.88 Å². The lowest BCUT2D eigenvalue weighted by atomic mass is 10.2. The van der Waals surface area contributed by atoms with Crippen LogP contribution in [0.15, 0.2) is 34.7 Å². The summed E-state index contributed by atoms with van der Waals surface area (Å²) in [5, 5.41) is 0.936. The molecule has 0 spiro atoms. The second-order valence-electron chi connectivity index (χ2n) is 6.97. The molecule has 0 aliphatic rings. The number of carbonyl (C=O) groups excluding carboxylic acids is 2. The van der Waals surface area contributed by atoms with Gasteiger partial charge in [0.15, 0.2) is 0 Å². The van der Waals surface area contributed by atoms with Crippen molar-refractivity contribution in [3.8, 4) is 5.75 Å². The molecule has 0 saturated carbocycles. The number of nitrogens with one attached hydrogen (secondary N) is 1. The van der Waals surface area contributed by atoms with Gasteiger partial charge in [-0.2, -0.15) is 0 Å². The zero-order valence-corrected chi connectivity index (χ0v) is 17.2. The number of hydrogen-bond donors (Lipinski definition) is 1. The van der Waals surface area contributed by atoms with Crippen molar-refractivity contribution in [2.45, 2.75) is 33.2 Å². The third-order valence-corrected chi connectivity index (χ3v) is 4.70. The molecule has 0 radical (unpaired) electrons. The van der Waals surface area contributed by atoms with Crippen molar-refractivity contribution in [3.05, 3.63) is 53.1 Å². The van der Waals surface area contributed by atoms with Crippen LogP contribution in [-0.4, -0.2) is 42.5 Å². The van der Waals surface area contributed by atoms with Crippen molar-refractivity contribution >= 4 is 22.8 Å². The molecule has 29 heavy (non-hydrogen) atoms. The third kappa shape index (κ3) is 4.62. The number of esters is 1. The molecule has 0 atom stereocenters. The monoisotopic (exact) mass is 398 g/mol. The van der Waals surface area contributed by atoms with Gasteiger partial charge in [-0.05, 0) is 37.6 Å². The minimum atomic E-state index is -0.459. The van der Waals surface area contributed by atoms with E-state index in [4.69, 9.17) is 13.9 Å². The maximum atomic E-state index is 12.8. The molecule has 0 saturated heterocycles. The summed E-state index contributed by atoms with van der Waals surface area (Å²) in [6.07, 6.45) is 2.08. The Kier molecular flexibility index (Phi) is 6.26. The van der Waals surface area contributed by atoms with Crippen LogP contribution in [0.5, 0.6) is 5.75 Å². The molecule has 1 amide bonds. The number of carbonyl (C=O) groups is 2. The maximum absolute atomic E-state index is 12.8. The summed E-state index contributed by atoms with van der Waals surface area (Å²) in [5.74, 6) is 1.12. The molecule has 0 bridgehead atoms. The van der Waals surface area contributed by atoms with Gasteiger partial charge in [-0.25, -0.2) is 4.79 Å². The first-order valence-corrected chi connectivity index (χ1v) is 9.61. The molecule has 7 nitrogen and oxygen atoms in total. The standard InChI is InChI=1S/C22H26N2O5/c1-5-6-9-28-16-8-7-15-10-20(23-19(15)12-16)21(25)24(3)13-17-11-18(14(2)29-17)22(26)27-4/h7-8,10-12,23H,5-6,9,13H2,1-4H3. The highest BCUT2D eigenvalue weighted by Gasteiger charge is 2.20. The number of H-pyrrole nitrogens is 1. The van der Waals surface area contributed by atoms with E-state index in [-0.39, 0.29) is 12.5 Å². The van der Waals surface area contributed by atoms with Crippen LogP contribution in [-0.2, 0) is 11.3 Å². The molecular weight excluding hydrogens is 372 g/mol. The van der Waals surface area contributed by atoms with Crippen molar-refractivity contribution in [1.29, 1.82) is 0 Å². The van der Waals surface area contributed by atoms with E-state index in [1.807, 2.05) is 24.3 Å². The summed E-state index contributed by atoms with van der Waals surface area (Å²) in [7, 11) is 3.00. The number of aromatic nitrogens is 1. The lowest BCUT2D eigenvalue weighted by Crippen LogP contribution is -2.26. The number of nitrogens with zero attached hydrogens (tertiary/aromatic N) is 1. The largest absolute Gasteiger partial charge is 0.494 e. The second-order valence-corrected chi connectivity index (χ2v) is 6.97. The van der Waals surface area contributed by atoms with Crippen LogP contribution in [0.2, 0.25) is 0 Å². The molecule has 7 heteroatoms. The Morgan fingerprint density at radius 2 is 2.00 bits per heavy atom. The highest BCUT2D eigenvalue weighted by atomic mass is 16.5. The van der Waals surface area contributed by atoms with Crippen LogP contribution in [0.3, 0.4) is 0 Å². The Bertz CT molecular complexity index is 1020. The fourth-order valence-electron chi connectivity index (χ4n) is 3.09. The van der Waals surface area contributed by atoms with Gasteiger partial charge < -0.3 is 23.8 Å². The van der Waals surface area contributed by atoms with Gasteiger partial charge in [0.1, 0.15) is 28.5 Å². The predicted molar refractivity (Wildman–Crippen MR) is 109 cm³/mol. The van der Waals surface area contributed by atoms with Gasteiger partial charge in [0.25, 0.3) is 5.91 Å². The highest BCUT2D eigenvalue weighted by Crippen LogP contribution is 2.23. The first kappa shape index (κ1) is 20.5. The van der Waals surface area contributed by atoms with Crippen LogP contribution in [0.25, 0.3) is 10.9 Å². The highest BCUT2D eigenvalue weighted by molar-refractivity contribution is 5.98. The molecule has 2 aromatic heterocycles. The van der Waals surface area contributed by atoms with Crippen LogP contribution in [0.1, 0.15) is 52.1 Å². The molecule has 154 valence electrons. The minimum Gasteiger partial charge on any atom is -0.494 e. The summed E-state index contributed by atoms with van der Waals surface area (Å²) in [6.45, 7) is 4.71. The second kappa shape index (κ2) is 8.86. The Labute approximate surface area is 169 Å². The van der Waals surface area contributed by atoms with Crippen LogP contribution >= 0.6 is 0 Å². The molecule has 2 heterocycles. The van der Waals surface area contributed by atoms with Gasteiger partial charge >= 0.3 is 5.97 Å². The fourth-order valence-corrected chi connectivity index (χ4v) is 3.09. The first-order chi connectivity index (χ1) is 13.9. The average molecular weight is 398 g/mol. The molecule has 1 N–H and O–H groups in total. The summed E-state index contributed by atoms with van der Waals surface area (Å²) >= 11 is 0. The molecule has 0 aliphatic carbocycles. The van der Waals surface area contributed by atoms with Gasteiger partial charge in [0.05, 0.1) is 20.3 Å². The number of aromatic amines is 1. The summed E-state index contributed by atoms with van der Waals surface area (Å²) < 4.78 is 16.1. The van der Waals surface area contributed by atoms with Gasteiger partial charge in [-0.3, -0.25) is 4.79 Å². The lowest BCUT2D eigenvalue weighted by Gasteiger charge is -2.14. The molecule has 3 rings (SSSR count). The van der Waals surface area contributed by atoms with E-state index in [0.717, 1.165) is 29.5 Å². The van der Waals surface area contributed by atoms with Crippen LogP contribution in [0, 0.1) is 6.92 Å². The zero-order chi connectivity index (χ0) is 21.0. The number of rotatable bonds is 8. The van der Waals surface area contributed by atoms with E-state index in [1.165, 1.54) is 12.0 Å². The summed E-state index contributed by atoms with van der Waals surface area (Å²) in [6, 6.07) is 9.17. The number of unbranched alkanes of at least 4 members (excludes halogenated alkanes) is 1. The number of hydrogen-bond acceptors (Lipinski definition) is 5. The van der Waals surface area contributed by atoms with E-state index in [1.54, 1.807) is 20.0 Å². The van der Waals surface area contributed by atoms with Crippen molar-refractivity contribution in [2.75, 3.05) is 20.8 Å². The van der Waals surface area contributed by atoms with E-state index >= 15 is 0 Å². The minimum absolute atomic E-state index is 0.177. The van der Waals surface area contributed by atoms with Crippen molar-refractivity contribution < 1.29 is 23.5 Å². The Morgan fingerprint density at radius 3 is 2.72 bits per heavy atom. The van der Waals surface area contributed by atoms with E-state index in [9.17, 15) is 9.59 Å². The van der Waals surface area contributed by atoms with Gasteiger partial charge in [0, 0.05) is 24.0 Å². The molecule has 3 aromatic rings. The molecular formula is C22H26N2O5. The lowest BCUT2D eigenvalue weighted by molar-refractivity contribution is 0.0598. The smallest absolute Gasteiger partial charge is 0.341 e. The van der Waals surface area contributed by atoms with Gasteiger partial charge in [0.2, 0.25) is 0 Å². The maximum Gasteiger partial charge on any atom is 0.341 e. The van der Waals surface area contributed by atoms with Gasteiger partial charge in [-0.1, -0.05) is 13.3 Å². The topological polar surface area (TPSA) is 84.8 Å². The molecule has 0 unspecified atom stereocenters. The Balaban J connectivity index is 1.72. The van der Waals surface area contributed by atoms with Crippen LogP contribution < -0.4 is 4.74 Å². The van der Waals surface area contributed by atoms with E-state index < -0.39 is 5.97 Å². The third-order valence-electron chi connectivity index (χ3n) is 4.70. The Morgan fingerprint density at radius 1 is 1.21 bits per heavy atom. The van der Waals surface area contributed by atoms with Crippen LogP contribution in [0.4, 0.5) is 0 Å². The van der Waals surface area contributed by atoms with Crippen molar-refractivity contribution in [3.63, 3.8) is 0 Å². The van der Waals surface area contributed by atoms with Crippen molar-refractivity contribution in [2.24, 2.45) is 0 Å². The number of aryl methyl sites for hydroxylation is 1. The van der Waals surface area contributed by atoms with E-state index in [2.05, 4.69) is 11.9 Å². The van der Waals surface area contributed by atoms with Gasteiger partial charge in [-0.15, -0.1) is 0 Å². The number of amides is 1. The number of benzene rings is 1. The number of furan rings is 1. The molecule has 0 aliphatic heterocycles. The van der Waals surface area contributed by atoms with E-state index in [0.29, 0.717) is 29.4 Å². The fraction of sp³-hybridized carbons (Fsp3) is 0.364. The molecule has 1 aromatic carbocycles. The predicted octanol–water partition coefficient (Wildman–Crippen LogP) is 4.31. The Hall–Kier alpha value is -3.22. The molecule has 0 fully saturated rings. The number of ether oxygens (including phenoxy) is 2. The number of methoxy groups -OCH3 is 1. The average Bonchev–Trinajstić information content (AvgIpc) is 3.29. The quantitative estimate of drug-likeness (QED) is 0.451. The summed E-state index contributed by atoms with van der Waals surface area (Å²) in [4.78, 5) is 29.2. The first-order valence-electron chi connectivity index (χ1n) is 9.61. The zero-order valence-electron chi connectivity index (χ0n) is 17.2. The summed E-state index contributed by atoms with van der Waals surface area (Å²) in [5.41, 5.74) is 1.69. The SMILES string of the molecule is CCCCOc1ccc2cc(C(=O)N(C)Cc3cc(C(=O)OC)c(C)o3)[nH]c2c1.